The fourth-order valence-electron chi connectivity index (χ4n) is 2.97. The molecule has 3 rings (SSSR count). The lowest BCUT2D eigenvalue weighted by molar-refractivity contribution is -0.122. The molecule has 1 atom stereocenters. The van der Waals surface area contributed by atoms with Crippen LogP contribution in [-0.2, 0) is 11.2 Å². The number of ketones is 1. The minimum atomic E-state index is -0.701. The Bertz CT molecular complexity index is 828. The molecule has 1 aliphatic carbocycles. The first kappa shape index (κ1) is 17.0. The van der Waals surface area contributed by atoms with Gasteiger partial charge in [0.15, 0.2) is 11.9 Å². The third kappa shape index (κ3) is 3.50. The Labute approximate surface area is 147 Å². The van der Waals surface area contributed by atoms with E-state index in [-0.39, 0.29) is 11.7 Å². The summed E-state index contributed by atoms with van der Waals surface area (Å²) < 4.78 is 11.1. The van der Waals surface area contributed by atoms with Gasteiger partial charge in [-0.15, -0.1) is 0 Å². The second-order valence-corrected chi connectivity index (χ2v) is 6.16. The van der Waals surface area contributed by atoms with Gasteiger partial charge in [-0.05, 0) is 44.0 Å². The SMILES string of the molecule is COc1ccc(C)cc1NC(=O)[C@@H](C)Oc1cccc2c1CCC2=O. The molecular weight excluding hydrogens is 318 g/mol. The molecule has 1 N–H and O–H groups in total. The number of methoxy groups -OCH3 is 1. The first-order valence-corrected chi connectivity index (χ1v) is 8.27. The number of hydrogen-bond donors (Lipinski definition) is 1. The quantitative estimate of drug-likeness (QED) is 0.905. The highest BCUT2D eigenvalue weighted by Gasteiger charge is 2.25. The van der Waals surface area contributed by atoms with Crippen molar-refractivity contribution in [2.24, 2.45) is 0 Å². The van der Waals surface area contributed by atoms with Crippen molar-refractivity contribution in [2.45, 2.75) is 32.8 Å². The average molecular weight is 339 g/mol. The summed E-state index contributed by atoms with van der Waals surface area (Å²) in [6.07, 6.45) is 0.452. The summed E-state index contributed by atoms with van der Waals surface area (Å²) in [5, 5.41) is 2.84. The molecule has 0 fully saturated rings. The van der Waals surface area contributed by atoms with Crippen LogP contribution in [0.2, 0.25) is 0 Å². The number of aryl methyl sites for hydroxylation is 1. The van der Waals surface area contributed by atoms with Crippen molar-refractivity contribution in [3.63, 3.8) is 0 Å². The monoisotopic (exact) mass is 339 g/mol. The van der Waals surface area contributed by atoms with E-state index in [1.807, 2.05) is 25.1 Å². The van der Waals surface area contributed by atoms with Crippen LogP contribution in [0, 0.1) is 6.92 Å². The van der Waals surface area contributed by atoms with Crippen molar-refractivity contribution in [3.05, 3.63) is 53.1 Å². The molecule has 1 amide bonds. The first-order chi connectivity index (χ1) is 12.0. The zero-order chi connectivity index (χ0) is 18.0. The summed E-state index contributed by atoms with van der Waals surface area (Å²) in [5.41, 5.74) is 3.21. The van der Waals surface area contributed by atoms with Gasteiger partial charge in [0.2, 0.25) is 0 Å². The van der Waals surface area contributed by atoms with Crippen molar-refractivity contribution in [1.82, 2.24) is 0 Å². The molecule has 0 heterocycles. The molecule has 0 aliphatic heterocycles. The van der Waals surface area contributed by atoms with Crippen LogP contribution in [0.15, 0.2) is 36.4 Å². The van der Waals surface area contributed by atoms with Gasteiger partial charge < -0.3 is 14.8 Å². The van der Waals surface area contributed by atoms with Gasteiger partial charge in [0, 0.05) is 17.5 Å². The summed E-state index contributed by atoms with van der Waals surface area (Å²) in [6, 6.07) is 11.0. The molecule has 2 aromatic rings. The number of ether oxygens (including phenoxy) is 2. The summed E-state index contributed by atoms with van der Waals surface area (Å²) >= 11 is 0. The van der Waals surface area contributed by atoms with Crippen LogP contribution in [0.1, 0.15) is 34.8 Å². The van der Waals surface area contributed by atoms with Gasteiger partial charge in [-0.25, -0.2) is 0 Å². The van der Waals surface area contributed by atoms with E-state index in [1.54, 1.807) is 32.2 Å². The number of fused-ring (bicyclic) bond motifs is 1. The number of Topliss-reactive ketones (excluding diaryl/α,β-unsaturated/α-hetero) is 1. The van der Waals surface area contributed by atoms with Gasteiger partial charge in [0.25, 0.3) is 5.91 Å². The molecule has 130 valence electrons. The number of benzene rings is 2. The fourth-order valence-corrected chi connectivity index (χ4v) is 2.97. The third-order valence-electron chi connectivity index (χ3n) is 4.32. The number of rotatable bonds is 5. The molecule has 5 nitrogen and oxygen atoms in total. The summed E-state index contributed by atoms with van der Waals surface area (Å²) in [6.45, 7) is 3.63. The Balaban J connectivity index is 1.74. The standard InChI is InChI=1S/C20H21NO4/c1-12-7-10-19(24-3)16(11-12)21-20(23)13(2)25-18-6-4-5-14-15(18)8-9-17(14)22/h4-7,10-11,13H,8-9H2,1-3H3,(H,21,23)/t13-/m1/s1. The lowest BCUT2D eigenvalue weighted by atomic mass is 10.1. The second-order valence-electron chi connectivity index (χ2n) is 6.16. The van der Waals surface area contributed by atoms with Gasteiger partial charge in [-0.2, -0.15) is 0 Å². The minimum Gasteiger partial charge on any atom is -0.495 e. The molecule has 0 radical (unpaired) electrons. The van der Waals surface area contributed by atoms with Crippen molar-refractivity contribution in [1.29, 1.82) is 0 Å². The number of amides is 1. The third-order valence-corrected chi connectivity index (χ3v) is 4.32. The molecule has 0 aromatic heterocycles. The van der Waals surface area contributed by atoms with Crippen molar-refractivity contribution in [2.75, 3.05) is 12.4 Å². The minimum absolute atomic E-state index is 0.127. The van der Waals surface area contributed by atoms with E-state index < -0.39 is 6.10 Å². The molecular formula is C20H21NO4. The van der Waals surface area contributed by atoms with E-state index in [0.29, 0.717) is 35.6 Å². The molecule has 1 aliphatic rings. The van der Waals surface area contributed by atoms with Crippen LogP contribution < -0.4 is 14.8 Å². The molecule has 5 heteroatoms. The zero-order valence-corrected chi connectivity index (χ0v) is 14.6. The maximum Gasteiger partial charge on any atom is 0.265 e. The van der Waals surface area contributed by atoms with E-state index in [4.69, 9.17) is 9.47 Å². The highest BCUT2D eigenvalue weighted by atomic mass is 16.5. The second kappa shape index (κ2) is 6.97. The van der Waals surface area contributed by atoms with E-state index in [1.165, 1.54) is 0 Å². The number of carbonyl (C=O) groups is 2. The number of nitrogens with one attached hydrogen (secondary N) is 1. The highest BCUT2D eigenvalue weighted by Crippen LogP contribution is 2.31. The normalized spacial score (nSPS) is 14.0. The van der Waals surface area contributed by atoms with Crippen molar-refractivity contribution in [3.8, 4) is 11.5 Å². The number of carbonyl (C=O) groups excluding carboxylic acids is 2. The van der Waals surface area contributed by atoms with Gasteiger partial charge in [-0.3, -0.25) is 9.59 Å². The topological polar surface area (TPSA) is 64.6 Å². The molecule has 0 unspecified atom stereocenters. The van der Waals surface area contributed by atoms with E-state index >= 15 is 0 Å². The number of anilines is 1. The van der Waals surface area contributed by atoms with Gasteiger partial charge in [0.1, 0.15) is 11.5 Å². The van der Waals surface area contributed by atoms with Crippen LogP contribution in [0.3, 0.4) is 0 Å². The Morgan fingerprint density at radius 2 is 1.96 bits per heavy atom. The van der Waals surface area contributed by atoms with Crippen LogP contribution in [0.25, 0.3) is 0 Å². The van der Waals surface area contributed by atoms with E-state index in [2.05, 4.69) is 5.32 Å². The maximum atomic E-state index is 12.5. The Morgan fingerprint density at radius 3 is 2.72 bits per heavy atom. The number of hydrogen-bond acceptors (Lipinski definition) is 4. The Morgan fingerprint density at radius 1 is 1.16 bits per heavy atom. The molecule has 0 spiro atoms. The van der Waals surface area contributed by atoms with Gasteiger partial charge >= 0.3 is 0 Å². The van der Waals surface area contributed by atoms with Crippen molar-refractivity contribution >= 4 is 17.4 Å². The lowest BCUT2D eigenvalue weighted by Gasteiger charge is -2.18. The summed E-state index contributed by atoms with van der Waals surface area (Å²) in [7, 11) is 1.56. The average Bonchev–Trinajstić information content (AvgIpc) is 2.97. The molecule has 0 saturated heterocycles. The highest BCUT2D eigenvalue weighted by molar-refractivity contribution is 6.01. The first-order valence-electron chi connectivity index (χ1n) is 8.27. The van der Waals surface area contributed by atoms with E-state index in [0.717, 1.165) is 11.1 Å². The lowest BCUT2D eigenvalue weighted by Crippen LogP contribution is -2.30. The largest absolute Gasteiger partial charge is 0.495 e. The smallest absolute Gasteiger partial charge is 0.265 e. The predicted octanol–water partition coefficient (Wildman–Crippen LogP) is 3.54. The molecule has 0 bridgehead atoms. The zero-order valence-electron chi connectivity index (χ0n) is 14.6. The van der Waals surface area contributed by atoms with Crippen LogP contribution >= 0.6 is 0 Å². The maximum absolute atomic E-state index is 12.5. The van der Waals surface area contributed by atoms with Crippen LogP contribution in [0.5, 0.6) is 11.5 Å². The molecule has 2 aromatic carbocycles. The van der Waals surface area contributed by atoms with E-state index in [9.17, 15) is 9.59 Å². The summed E-state index contributed by atoms with van der Waals surface area (Å²) in [4.78, 5) is 24.3. The Kier molecular flexibility index (Phi) is 4.74. The predicted molar refractivity (Wildman–Crippen MR) is 95.5 cm³/mol. The fraction of sp³-hybridized carbons (Fsp3) is 0.300. The van der Waals surface area contributed by atoms with Gasteiger partial charge in [-0.1, -0.05) is 18.2 Å². The van der Waals surface area contributed by atoms with Gasteiger partial charge in [0.05, 0.1) is 12.8 Å². The van der Waals surface area contributed by atoms with Crippen LogP contribution in [-0.4, -0.2) is 24.9 Å². The molecule has 25 heavy (non-hydrogen) atoms. The van der Waals surface area contributed by atoms with Crippen LogP contribution in [0.4, 0.5) is 5.69 Å². The van der Waals surface area contributed by atoms with Crippen molar-refractivity contribution < 1.29 is 19.1 Å². The Hall–Kier alpha value is -2.82. The molecule has 0 saturated carbocycles. The summed E-state index contributed by atoms with van der Waals surface area (Å²) in [5.74, 6) is 1.05.